The minimum absolute atomic E-state index is 0.132. The van der Waals surface area contributed by atoms with Gasteiger partial charge < -0.3 is 10.1 Å². The highest BCUT2D eigenvalue weighted by molar-refractivity contribution is 5.79. The number of carbonyl (C=O) groups is 1. The van der Waals surface area contributed by atoms with Crippen LogP contribution in [-0.4, -0.2) is 19.6 Å². The van der Waals surface area contributed by atoms with Crippen LogP contribution >= 0.6 is 0 Å². The summed E-state index contributed by atoms with van der Waals surface area (Å²) in [7, 11) is 1.44. The SMILES string of the molecule is COC(=O)C1CNCc2cc(C(C)(C)C)ccc21. The number of fused-ring (bicyclic) bond motifs is 1. The Morgan fingerprint density at radius 1 is 1.39 bits per heavy atom. The highest BCUT2D eigenvalue weighted by Crippen LogP contribution is 2.30. The van der Waals surface area contributed by atoms with Gasteiger partial charge in [0.05, 0.1) is 13.0 Å². The lowest BCUT2D eigenvalue weighted by molar-refractivity contribution is -0.142. The molecule has 0 amide bonds. The number of carbonyl (C=O) groups excluding carboxylic acids is 1. The Kier molecular flexibility index (Phi) is 3.44. The van der Waals surface area contributed by atoms with Crippen LogP contribution in [0.5, 0.6) is 0 Å². The maximum absolute atomic E-state index is 11.7. The molecule has 1 aromatic rings. The average molecular weight is 247 g/mol. The lowest BCUT2D eigenvalue weighted by atomic mass is 9.82. The van der Waals surface area contributed by atoms with E-state index in [1.807, 2.05) is 0 Å². The average Bonchev–Trinajstić information content (AvgIpc) is 2.35. The van der Waals surface area contributed by atoms with E-state index < -0.39 is 0 Å². The summed E-state index contributed by atoms with van der Waals surface area (Å²) in [5.41, 5.74) is 3.75. The lowest BCUT2D eigenvalue weighted by Gasteiger charge is -2.27. The topological polar surface area (TPSA) is 38.3 Å². The summed E-state index contributed by atoms with van der Waals surface area (Å²) in [5.74, 6) is -0.334. The minimum Gasteiger partial charge on any atom is -0.469 e. The molecule has 1 atom stereocenters. The van der Waals surface area contributed by atoms with Crippen LogP contribution in [0.25, 0.3) is 0 Å². The van der Waals surface area contributed by atoms with Gasteiger partial charge in [0.1, 0.15) is 0 Å². The fourth-order valence-corrected chi connectivity index (χ4v) is 2.38. The van der Waals surface area contributed by atoms with Gasteiger partial charge in [0.15, 0.2) is 0 Å². The van der Waals surface area contributed by atoms with Crippen molar-refractivity contribution in [3.05, 3.63) is 34.9 Å². The van der Waals surface area contributed by atoms with Crippen LogP contribution in [0.15, 0.2) is 18.2 Å². The molecule has 0 saturated carbocycles. The maximum atomic E-state index is 11.7. The Bertz CT molecular complexity index is 460. The Labute approximate surface area is 109 Å². The molecule has 0 radical (unpaired) electrons. The van der Waals surface area contributed by atoms with Crippen molar-refractivity contribution in [2.75, 3.05) is 13.7 Å². The Morgan fingerprint density at radius 3 is 2.72 bits per heavy atom. The second-order valence-corrected chi connectivity index (χ2v) is 5.87. The number of hydrogen-bond acceptors (Lipinski definition) is 3. The molecule has 3 heteroatoms. The van der Waals surface area contributed by atoms with E-state index in [-0.39, 0.29) is 17.3 Å². The molecule has 0 spiro atoms. The molecule has 1 N–H and O–H groups in total. The molecule has 0 fully saturated rings. The number of nitrogens with one attached hydrogen (secondary N) is 1. The van der Waals surface area contributed by atoms with Gasteiger partial charge in [0, 0.05) is 13.1 Å². The van der Waals surface area contributed by atoms with Gasteiger partial charge in [-0.15, -0.1) is 0 Å². The predicted molar refractivity (Wildman–Crippen MR) is 71.6 cm³/mol. The summed E-state index contributed by atoms with van der Waals surface area (Å²) < 4.78 is 4.87. The van der Waals surface area contributed by atoms with Gasteiger partial charge >= 0.3 is 5.97 Å². The number of methoxy groups -OCH3 is 1. The molecular weight excluding hydrogens is 226 g/mol. The van der Waals surface area contributed by atoms with Gasteiger partial charge in [-0.2, -0.15) is 0 Å². The molecule has 1 aliphatic rings. The number of rotatable bonds is 1. The third kappa shape index (κ3) is 2.41. The van der Waals surface area contributed by atoms with Crippen LogP contribution in [0.4, 0.5) is 0 Å². The first-order chi connectivity index (χ1) is 8.43. The first kappa shape index (κ1) is 13.1. The van der Waals surface area contributed by atoms with Gasteiger partial charge in [0.25, 0.3) is 0 Å². The first-order valence-corrected chi connectivity index (χ1v) is 6.35. The third-order valence-electron chi connectivity index (χ3n) is 3.53. The second kappa shape index (κ2) is 4.73. The monoisotopic (exact) mass is 247 g/mol. The fraction of sp³-hybridized carbons (Fsp3) is 0.533. The number of ether oxygens (including phenoxy) is 1. The summed E-state index contributed by atoms with van der Waals surface area (Å²) in [6.45, 7) is 8.08. The summed E-state index contributed by atoms with van der Waals surface area (Å²) >= 11 is 0. The van der Waals surface area contributed by atoms with Gasteiger partial charge in [0.2, 0.25) is 0 Å². The first-order valence-electron chi connectivity index (χ1n) is 6.35. The van der Waals surface area contributed by atoms with Crippen LogP contribution in [-0.2, 0) is 21.5 Å². The van der Waals surface area contributed by atoms with Crippen molar-refractivity contribution in [3.8, 4) is 0 Å². The normalized spacial score (nSPS) is 19.2. The quantitative estimate of drug-likeness (QED) is 0.774. The van der Waals surface area contributed by atoms with Gasteiger partial charge in [-0.1, -0.05) is 39.0 Å². The van der Waals surface area contributed by atoms with E-state index in [4.69, 9.17) is 4.74 Å². The summed E-state index contributed by atoms with van der Waals surface area (Å²) in [6, 6.07) is 6.41. The van der Waals surface area contributed by atoms with Crippen molar-refractivity contribution in [2.45, 2.75) is 38.6 Å². The van der Waals surface area contributed by atoms with Crippen LogP contribution < -0.4 is 5.32 Å². The molecule has 0 aliphatic carbocycles. The molecular formula is C15H21NO2. The van der Waals surface area contributed by atoms with E-state index in [0.717, 1.165) is 12.1 Å². The standard InChI is InChI=1S/C15H21NO2/c1-15(2,3)11-5-6-12-10(7-11)8-16-9-13(12)14(17)18-4/h5-7,13,16H,8-9H2,1-4H3. The molecule has 0 aromatic heterocycles. The predicted octanol–water partition coefficient (Wildman–Crippen LogP) is 2.34. The molecule has 1 unspecified atom stereocenters. The highest BCUT2D eigenvalue weighted by Gasteiger charge is 2.28. The van der Waals surface area contributed by atoms with Crippen molar-refractivity contribution in [3.63, 3.8) is 0 Å². The van der Waals surface area contributed by atoms with Crippen LogP contribution in [0.1, 0.15) is 43.4 Å². The molecule has 0 saturated heterocycles. The van der Waals surface area contributed by atoms with Crippen LogP contribution in [0, 0.1) is 0 Å². The molecule has 1 aromatic carbocycles. The van der Waals surface area contributed by atoms with Crippen molar-refractivity contribution in [2.24, 2.45) is 0 Å². The summed E-state index contributed by atoms with van der Waals surface area (Å²) in [4.78, 5) is 11.7. The zero-order valence-corrected chi connectivity index (χ0v) is 11.5. The second-order valence-electron chi connectivity index (χ2n) is 5.87. The molecule has 98 valence electrons. The Morgan fingerprint density at radius 2 is 2.11 bits per heavy atom. The van der Waals surface area contributed by atoms with Crippen LogP contribution in [0.3, 0.4) is 0 Å². The third-order valence-corrected chi connectivity index (χ3v) is 3.53. The maximum Gasteiger partial charge on any atom is 0.314 e. The van der Waals surface area contributed by atoms with Gasteiger partial charge in [-0.25, -0.2) is 0 Å². The smallest absolute Gasteiger partial charge is 0.314 e. The van der Waals surface area contributed by atoms with Crippen molar-refractivity contribution >= 4 is 5.97 Å². The molecule has 3 nitrogen and oxygen atoms in total. The molecule has 1 heterocycles. The van der Waals surface area contributed by atoms with E-state index in [9.17, 15) is 4.79 Å². The van der Waals surface area contributed by atoms with E-state index >= 15 is 0 Å². The van der Waals surface area contributed by atoms with E-state index in [1.54, 1.807) is 0 Å². The molecule has 18 heavy (non-hydrogen) atoms. The molecule has 2 rings (SSSR count). The van der Waals surface area contributed by atoms with Crippen molar-refractivity contribution in [1.29, 1.82) is 0 Å². The lowest BCUT2D eigenvalue weighted by Crippen LogP contribution is -2.33. The van der Waals surface area contributed by atoms with Crippen LogP contribution in [0.2, 0.25) is 0 Å². The van der Waals surface area contributed by atoms with E-state index in [1.165, 1.54) is 18.2 Å². The van der Waals surface area contributed by atoms with Crippen molar-refractivity contribution < 1.29 is 9.53 Å². The summed E-state index contributed by atoms with van der Waals surface area (Å²) in [6.07, 6.45) is 0. The molecule has 0 bridgehead atoms. The zero-order valence-electron chi connectivity index (χ0n) is 11.5. The van der Waals surface area contributed by atoms with Gasteiger partial charge in [-0.05, 0) is 22.1 Å². The van der Waals surface area contributed by atoms with Crippen molar-refractivity contribution in [1.82, 2.24) is 5.32 Å². The number of esters is 1. The van der Waals surface area contributed by atoms with E-state index in [0.29, 0.717) is 6.54 Å². The minimum atomic E-state index is -0.173. The fourth-order valence-electron chi connectivity index (χ4n) is 2.38. The number of hydrogen-bond donors (Lipinski definition) is 1. The molecule has 1 aliphatic heterocycles. The Balaban J connectivity index is 2.40. The number of benzene rings is 1. The van der Waals surface area contributed by atoms with E-state index in [2.05, 4.69) is 44.3 Å². The largest absolute Gasteiger partial charge is 0.469 e. The Hall–Kier alpha value is -1.35. The zero-order chi connectivity index (χ0) is 13.3. The summed E-state index contributed by atoms with van der Waals surface area (Å²) in [5, 5.41) is 3.28. The van der Waals surface area contributed by atoms with Gasteiger partial charge in [-0.3, -0.25) is 4.79 Å². The highest BCUT2D eigenvalue weighted by atomic mass is 16.5.